The van der Waals surface area contributed by atoms with Crippen molar-refractivity contribution in [2.45, 2.75) is 52.0 Å². The number of aromatic nitrogens is 2. The second kappa shape index (κ2) is 9.37. The number of carbonyl (C=O) groups is 1. The van der Waals surface area contributed by atoms with E-state index in [-0.39, 0.29) is 24.1 Å². The van der Waals surface area contributed by atoms with E-state index < -0.39 is 10.0 Å². The molecule has 3 rings (SSSR count). The highest BCUT2D eigenvalue weighted by atomic mass is 32.2. The van der Waals surface area contributed by atoms with Crippen molar-refractivity contribution in [1.82, 2.24) is 19.0 Å². The maximum absolute atomic E-state index is 12.8. The van der Waals surface area contributed by atoms with Gasteiger partial charge < -0.3 is 10.2 Å². The SMILES string of the molecule is CCCS(=O)(=O)N1CCCC(C(=O)Nc2ccnn2C2CCN(CC)CC2)C1. The van der Waals surface area contributed by atoms with Gasteiger partial charge in [-0.25, -0.2) is 17.4 Å². The van der Waals surface area contributed by atoms with Gasteiger partial charge in [0.2, 0.25) is 15.9 Å². The Hall–Kier alpha value is -1.45. The lowest BCUT2D eigenvalue weighted by atomic mass is 9.99. The molecule has 28 heavy (non-hydrogen) atoms. The van der Waals surface area contributed by atoms with Crippen LogP contribution in [0, 0.1) is 5.92 Å². The molecule has 9 heteroatoms. The molecular weight excluding hydrogens is 378 g/mol. The van der Waals surface area contributed by atoms with Crippen LogP contribution in [0.1, 0.15) is 52.0 Å². The number of amides is 1. The molecule has 1 unspecified atom stereocenters. The van der Waals surface area contributed by atoms with Gasteiger partial charge in [0.15, 0.2) is 0 Å². The molecule has 1 amide bonds. The van der Waals surface area contributed by atoms with Gasteiger partial charge in [-0.15, -0.1) is 0 Å². The third-order valence-corrected chi connectivity index (χ3v) is 7.92. The Morgan fingerprint density at radius 1 is 1.21 bits per heavy atom. The van der Waals surface area contributed by atoms with E-state index in [0.717, 1.165) is 38.9 Å². The monoisotopic (exact) mass is 411 g/mol. The number of hydrogen-bond acceptors (Lipinski definition) is 5. The summed E-state index contributed by atoms with van der Waals surface area (Å²) in [6.45, 7) is 7.97. The topological polar surface area (TPSA) is 87.5 Å². The molecule has 0 spiro atoms. The van der Waals surface area contributed by atoms with Gasteiger partial charge in [0.05, 0.1) is 23.9 Å². The number of hydrogen-bond donors (Lipinski definition) is 1. The molecule has 3 heterocycles. The minimum absolute atomic E-state index is 0.107. The van der Waals surface area contributed by atoms with E-state index in [9.17, 15) is 13.2 Å². The van der Waals surface area contributed by atoms with E-state index in [4.69, 9.17) is 0 Å². The highest BCUT2D eigenvalue weighted by molar-refractivity contribution is 7.89. The first kappa shape index (κ1) is 21.3. The summed E-state index contributed by atoms with van der Waals surface area (Å²) in [7, 11) is -3.26. The number of nitrogens with zero attached hydrogens (tertiary/aromatic N) is 4. The molecular formula is C19H33N5O3S. The smallest absolute Gasteiger partial charge is 0.229 e. The summed E-state index contributed by atoms with van der Waals surface area (Å²) >= 11 is 0. The van der Waals surface area contributed by atoms with Crippen LogP contribution in [0.2, 0.25) is 0 Å². The average molecular weight is 412 g/mol. The van der Waals surface area contributed by atoms with Crippen molar-refractivity contribution in [3.63, 3.8) is 0 Å². The highest BCUT2D eigenvalue weighted by Crippen LogP contribution is 2.26. The third-order valence-electron chi connectivity index (χ3n) is 5.88. The first-order chi connectivity index (χ1) is 13.4. The predicted octanol–water partition coefficient (Wildman–Crippen LogP) is 1.93. The summed E-state index contributed by atoms with van der Waals surface area (Å²) < 4.78 is 28.1. The first-order valence-corrected chi connectivity index (χ1v) is 12.1. The molecule has 2 fully saturated rings. The Labute approximate surface area is 168 Å². The first-order valence-electron chi connectivity index (χ1n) is 10.5. The lowest BCUT2D eigenvalue weighted by Gasteiger charge is -2.33. The summed E-state index contributed by atoms with van der Waals surface area (Å²) in [6, 6.07) is 2.12. The molecule has 158 valence electrons. The summed E-state index contributed by atoms with van der Waals surface area (Å²) in [6.07, 6.45) is 5.78. The Morgan fingerprint density at radius 2 is 1.96 bits per heavy atom. The Morgan fingerprint density at radius 3 is 2.64 bits per heavy atom. The van der Waals surface area contributed by atoms with Crippen LogP contribution in [0.15, 0.2) is 12.3 Å². The number of anilines is 1. The minimum atomic E-state index is -3.26. The van der Waals surface area contributed by atoms with Crippen molar-refractivity contribution < 1.29 is 13.2 Å². The fraction of sp³-hybridized carbons (Fsp3) is 0.789. The zero-order chi connectivity index (χ0) is 20.1. The van der Waals surface area contributed by atoms with Crippen molar-refractivity contribution in [2.75, 3.05) is 43.8 Å². The summed E-state index contributed by atoms with van der Waals surface area (Å²) in [5.74, 6) is 0.438. The second-order valence-electron chi connectivity index (χ2n) is 7.83. The van der Waals surface area contributed by atoms with Crippen LogP contribution in [-0.4, -0.2) is 71.8 Å². The molecule has 1 N–H and O–H groups in total. The Balaban J connectivity index is 1.62. The fourth-order valence-electron chi connectivity index (χ4n) is 4.21. The quantitative estimate of drug-likeness (QED) is 0.741. The Bertz CT molecular complexity index is 755. The van der Waals surface area contributed by atoms with Crippen LogP contribution in [0.4, 0.5) is 5.82 Å². The van der Waals surface area contributed by atoms with Crippen LogP contribution >= 0.6 is 0 Å². The van der Waals surface area contributed by atoms with E-state index in [1.165, 1.54) is 4.31 Å². The summed E-state index contributed by atoms with van der Waals surface area (Å²) in [4.78, 5) is 15.3. The standard InChI is InChI=1S/C19H33N5O3S/c1-3-14-28(26,27)23-11-5-6-16(15-23)19(25)21-18-7-10-20-24(18)17-8-12-22(4-2)13-9-17/h7,10,16-17H,3-6,8-9,11-15H2,1-2H3,(H,21,25). The number of nitrogens with one attached hydrogen (secondary N) is 1. The van der Waals surface area contributed by atoms with E-state index in [2.05, 4.69) is 22.2 Å². The molecule has 8 nitrogen and oxygen atoms in total. The van der Waals surface area contributed by atoms with Gasteiger partial charge in [0.25, 0.3) is 0 Å². The predicted molar refractivity (Wildman–Crippen MR) is 110 cm³/mol. The zero-order valence-electron chi connectivity index (χ0n) is 17.0. The van der Waals surface area contributed by atoms with Crippen LogP contribution in [0.25, 0.3) is 0 Å². The maximum Gasteiger partial charge on any atom is 0.229 e. The van der Waals surface area contributed by atoms with Crippen molar-refractivity contribution in [1.29, 1.82) is 0 Å². The van der Waals surface area contributed by atoms with Crippen LogP contribution in [0.3, 0.4) is 0 Å². The van der Waals surface area contributed by atoms with Gasteiger partial charge in [0.1, 0.15) is 5.82 Å². The third kappa shape index (κ3) is 4.93. The fourth-order valence-corrected chi connectivity index (χ4v) is 5.80. The normalized spacial score (nSPS) is 23.0. The van der Waals surface area contributed by atoms with Crippen molar-refractivity contribution in [3.8, 4) is 0 Å². The Kier molecular flexibility index (Phi) is 7.11. The number of rotatable bonds is 7. The molecule has 2 saturated heterocycles. The molecule has 0 saturated carbocycles. The lowest BCUT2D eigenvalue weighted by Crippen LogP contribution is -2.44. The number of piperidine rings is 2. The van der Waals surface area contributed by atoms with Gasteiger partial charge >= 0.3 is 0 Å². The van der Waals surface area contributed by atoms with Crippen molar-refractivity contribution in [2.24, 2.45) is 5.92 Å². The molecule has 1 atom stereocenters. The average Bonchev–Trinajstić information content (AvgIpc) is 3.16. The molecule has 1 aromatic rings. The number of likely N-dealkylation sites (tertiary alicyclic amines) is 1. The molecule has 2 aliphatic rings. The minimum Gasteiger partial charge on any atom is -0.311 e. The van der Waals surface area contributed by atoms with E-state index in [1.807, 2.05) is 17.7 Å². The number of sulfonamides is 1. The van der Waals surface area contributed by atoms with Crippen LogP contribution in [-0.2, 0) is 14.8 Å². The van der Waals surface area contributed by atoms with Gasteiger partial charge in [-0.1, -0.05) is 13.8 Å². The van der Waals surface area contributed by atoms with Crippen molar-refractivity contribution >= 4 is 21.7 Å². The number of carbonyl (C=O) groups excluding carboxylic acids is 1. The summed E-state index contributed by atoms with van der Waals surface area (Å²) in [5.41, 5.74) is 0. The molecule has 2 aliphatic heterocycles. The maximum atomic E-state index is 12.8. The molecule has 0 bridgehead atoms. The lowest BCUT2D eigenvalue weighted by molar-refractivity contribution is -0.120. The molecule has 1 aromatic heterocycles. The molecule has 0 radical (unpaired) electrons. The van der Waals surface area contributed by atoms with Gasteiger partial charge in [-0.3, -0.25) is 4.79 Å². The highest BCUT2D eigenvalue weighted by Gasteiger charge is 2.32. The van der Waals surface area contributed by atoms with E-state index in [1.54, 1.807) is 6.20 Å². The summed E-state index contributed by atoms with van der Waals surface area (Å²) in [5, 5.41) is 7.46. The second-order valence-corrected chi connectivity index (χ2v) is 9.92. The van der Waals surface area contributed by atoms with Gasteiger partial charge in [-0.2, -0.15) is 5.10 Å². The van der Waals surface area contributed by atoms with Gasteiger partial charge in [0, 0.05) is 32.2 Å². The van der Waals surface area contributed by atoms with Gasteiger partial charge in [-0.05, 0) is 38.6 Å². The largest absolute Gasteiger partial charge is 0.311 e. The van der Waals surface area contributed by atoms with Crippen LogP contribution < -0.4 is 5.32 Å². The van der Waals surface area contributed by atoms with E-state index in [0.29, 0.717) is 31.2 Å². The molecule has 0 aliphatic carbocycles. The van der Waals surface area contributed by atoms with E-state index >= 15 is 0 Å². The van der Waals surface area contributed by atoms with Crippen LogP contribution in [0.5, 0.6) is 0 Å². The van der Waals surface area contributed by atoms with Crippen molar-refractivity contribution in [3.05, 3.63) is 12.3 Å². The molecule has 0 aromatic carbocycles. The zero-order valence-corrected chi connectivity index (χ0v) is 17.8.